The Morgan fingerprint density at radius 1 is 1.12 bits per heavy atom. The van der Waals surface area contributed by atoms with Crippen LogP contribution in [0.4, 0.5) is 0 Å². The fourth-order valence-electron chi connectivity index (χ4n) is 3.32. The van der Waals surface area contributed by atoms with E-state index in [9.17, 15) is 4.79 Å². The summed E-state index contributed by atoms with van der Waals surface area (Å²) in [5, 5.41) is 0. The number of amides is 1. The third-order valence-electron chi connectivity index (χ3n) is 4.74. The summed E-state index contributed by atoms with van der Waals surface area (Å²) in [6.07, 6.45) is 2.69. The van der Waals surface area contributed by atoms with Crippen molar-refractivity contribution in [2.45, 2.75) is 18.9 Å². The minimum atomic E-state index is 0.0315. The molecule has 24 heavy (non-hydrogen) atoms. The number of hydrogen-bond acceptors (Lipinski definition) is 5. The number of hydrogen-bond donors (Lipinski definition) is 0. The van der Waals surface area contributed by atoms with Gasteiger partial charge in [0.1, 0.15) is 11.5 Å². The van der Waals surface area contributed by atoms with Crippen LogP contribution >= 0.6 is 0 Å². The van der Waals surface area contributed by atoms with Gasteiger partial charge in [0.15, 0.2) is 0 Å². The van der Waals surface area contributed by atoms with Gasteiger partial charge >= 0.3 is 0 Å². The lowest BCUT2D eigenvalue weighted by Crippen LogP contribution is -2.50. The van der Waals surface area contributed by atoms with Crippen molar-refractivity contribution < 1.29 is 19.0 Å². The second-order valence-electron chi connectivity index (χ2n) is 6.33. The monoisotopic (exact) mass is 334 g/mol. The van der Waals surface area contributed by atoms with Crippen molar-refractivity contribution in [3.05, 3.63) is 23.8 Å². The van der Waals surface area contributed by atoms with Gasteiger partial charge in [-0.3, -0.25) is 9.69 Å². The Kier molecular flexibility index (Phi) is 5.58. The van der Waals surface area contributed by atoms with E-state index < -0.39 is 0 Å². The number of rotatable bonds is 5. The van der Waals surface area contributed by atoms with Crippen LogP contribution in [0, 0.1) is 0 Å². The Morgan fingerprint density at radius 2 is 1.79 bits per heavy atom. The summed E-state index contributed by atoms with van der Waals surface area (Å²) < 4.78 is 16.2. The number of carbonyl (C=O) groups excluding carboxylic acids is 1. The molecule has 6 nitrogen and oxygen atoms in total. The molecule has 2 aliphatic heterocycles. The van der Waals surface area contributed by atoms with E-state index in [1.54, 1.807) is 32.4 Å². The van der Waals surface area contributed by atoms with Crippen LogP contribution in [-0.2, 0) is 4.74 Å². The smallest absolute Gasteiger partial charge is 0.254 e. The molecule has 1 atom stereocenters. The van der Waals surface area contributed by atoms with Crippen LogP contribution in [-0.4, -0.2) is 75.4 Å². The predicted octanol–water partition coefficient (Wildman–Crippen LogP) is 1.64. The Bertz CT molecular complexity index is 542. The van der Waals surface area contributed by atoms with Crippen molar-refractivity contribution in [1.82, 2.24) is 9.80 Å². The second-order valence-corrected chi connectivity index (χ2v) is 6.33. The first kappa shape index (κ1) is 17.0. The van der Waals surface area contributed by atoms with Crippen molar-refractivity contribution in [2.75, 3.05) is 53.6 Å². The van der Waals surface area contributed by atoms with Gasteiger partial charge in [-0.25, -0.2) is 0 Å². The molecule has 1 aromatic carbocycles. The maximum atomic E-state index is 12.8. The van der Waals surface area contributed by atoms with Gasteiger partial charge in [0, 0.05) is 51.0 Å². The highest BCUT2D eigenvalue weighted by Gasteiger charge is 2.25. The average Bonchev–Trinajstić information content (AvgIpc) is 3.14. The summed E-state index contributed by atoms with van der Waals surface area (Å²) in [5.74, 6) is 1.30. The van der Waals surface area contributed by atoms with Gasteiger partial charge in [0.2, 0.25) is 0 Å². The lowest BCUT2D eigenvalue weighted by molar-refractivity contribution is 0.0432. The van der Waals surface area contributed by atoms with E-state index in [2.05, 4.69) is 4.90 Å². The van der Waals surface area contributed by atoms with Gasteiger partial charge in [-0.05, 0) is 25.0 Å². The second kappa shape index (κ2) is 7.85. The maximum Gasteiger partial charge on any atom is 0.254 e. The quantitative estimate of drug-likeness (QED) is 0.819. The van der Waals surface area contributed by atoms with Crippen LogP contribution in [0.25, 0.3) is 0 Å². The zero-order valence-corrected chi connectivity index (χ0v) is 14.5. The van der Waals surface area contributed by atoms with Crippen LogP contribution in [0.3, 0.4) is 0 Å². The molecule has 0 N–H and O–H groups in total. The van der Waals surface area contributed by atoms with Crippen molar-refractivity contribution >= 4 is 5.91 Å². The largest absolute Gasteiger partial charge is 0.497 e. The van der Waals surface area contributed by atoms with Crippen molar-refractivity contribution in [3.63, 3.8) is 0 Å². The Hall–Kier alpha value is -1.79. The number of ether oxygens (including phenoxy) is 3. The minimum Gasteiger partial charge on any atom is -0.497 e. The molecule has 2 heterocycles. The fraction of sp³-hybridized carbons (Fsp3) is 0.611. The number of nitrogens with zero attached hydrogens (tertiary/aromatic N) is 2. The fourth-order valence-corrected chi connectivity index (χ4v) is 3.32. The molecule has 2 saturated heterocycles. The molecule has 0 aromatic heterocycles. The molecule has 1 unspecified atom stereocenters. The van der Waals surface area contributed by atoms with Crippen LogP contribution in [0.15, 0.2) is 18.2 Å². The zero-order valence-electron chi connectivity index (χ0n) is 14.5. The summed E-state index contributed by atoms with van der Waals surface area (Å²) >= 11 is 0. The third-order valence-corrected chi connectivity index (χ3v) is 4.74. The molecule has 0 spiro atoms. The highest BCUT2D eigenvalue weighted by molar-refractivity contribution is 5.95. The van der Waals surface area contributed by atoms with E-state index in [-0.39, 0.29) is 5.91 Å². The van der Waals surface area contributed by atoms with Crippen molar-refractivity contribution in [1.29, 1.82) is 0 Å². The van der Waals surface area contributed by atoms with E-state index >= 15 is 0 Å². The minimum absolute atomic E-state index is 0.0315. The van der Waals surface area contributed by atoms with Crippen LogP contribution < -0.4 is 9.47 Å². The number of methoxy groups -OCH3 is 2. The zero-order chi connectivity index (χ0) is 16.9. The SMILES string of the molecule is COc1cc(OC)cc(C(=O)N2CCN(CC3CCCO3)CC2)c1. The van der Waals surface area contributed by atoms with E-state index in [0.29, 0.717) is 23.2 Å². The summed E-state index contributed by atoms with van der Waals surface area (Å²) in [7, 11) is 3.18. The van der Waals surface area contributed by atoms with Crippen LogP contribution in [0.5, 0.6) is 11.5 Å². The molecule has 1 amide bonds. The molecule has 0 aliphatic carbocycles. The number of piperazine rings is 1. The molecule has 6 heteroatoms. The molecule has 1 aromatic rings. The van der Waals surface area contributed by atoms with Crippen LogP contribution in [0.2, 0.25) is 0 Å². The van der Waals surface area contributed by atoms with Gasteiger partial charge in [-0.1, -0.05) is 0 Å². The van der Waals surface area contributed by atoms with Gasteiger partial charge in [-0.15, -0.1) is 0 Å². The highest BCUT2D eigenvalue weighted by atomic mass is 16.5. The Labute approximate surface area is 143 Å². The average molecular weight is 334 g/mol. The molecule has 0 radical (unpaired) electrons. The van der Waals surface area contributed by atoms with Crippen molar-refractivity contribution in [2.24, 2.45) is 0 Å². The predicted molar refractivity (Wildman–Crippen MR) is 90.9 cm³/mol. The molecule has 0 saturated carbocycles. The van der Waals surface area contributed by atoms with Gasteiger partial charge in [-0.2, -0.15) is 0 Å². The van der Waals surface area contributed by atoms with E-state index in [4.69, 9.17) is 14.2 Å². The topological polar surface area (TPSA) is 51.2 Å². The highest BCUT2D eigenvalue weighted by Crippen LogP contribution is 2.24. The summed E-state index contributed by atoms with van der Waals surface area (Å²) in [5.41, 5.74) is 0.610. The lowest BCUT2D eigenvalue weighted by atomic mass is 10.1. The van der Waals surface area contributed by atoms with Gasteiger partial charge < -0.3 is 19.1 Å². The standard InChI is InChI=1S/C18H26N2O4/c1-22-16-10-14(11-17(12-16)23-2)18(21)20-7-5-19(6-8-20)13-15-4-3-9-24-15/h10-12,15H,3-9,13H2,1-2H3. The summed E-state index contributed by atoms with van der Waals surface area (Å²) in [6, 6.07) is 5.31. The first-order valence-corrected chi connectivity index (χ1v) is 8.56. The maximum absolute atomic E-state index is 12.8. The molecule has 2 fully saturated rings. The summed E-state index contributed by atoms with van der Waals surface area (Å²) in [6.45, 7) is 5.14. The lowest BCUT2D eigenvalue weighted by Gasteiger charge is -2.35. The first-order valence-electron chi connectivity index (χ1n) is 8.56. The van der Waals surface area contributed by atoms with Crippen molar-refractivity contribution in [3.8, 4) is 11.5 Å². The molecule has 0 bridgehead atoms. The van der Waals surface area contributed by atoms with Crippen LogP contribution in [0.1, 0.15) is 23.2 Å². The molecular weight excluding hydrogens is 308 g/mol. The van der Waals surface area contributed by atoms with Gasteiger partial charge in [0.25, 0.3) is 5.91 Å². The van der Waals surface area contributed by atoms with E-state index in [0.717, 1.165) is 45.8 Å². The summed E-state index contributed by atoms with van der Waals surface area (Å²) in [4.78, 5) is 17.1. The normalized spacial score (nSPS) is 21.8. The third kappa shape index (κ3) is 3.99. The molecular formula is C18H26N2O4. The molecule has 132 valence electrons. The molecule has 3 rings (SSSR count). The Morgan fingerprint density at radius 3 is 2.33 bits per heavy atom. The van der Waals surface area contributed by atoms with Gasteiger partial charge in [0.05, 0.1) is 20.3 Å². The van der Waals surface area contributed by atoms with E-state index in [1.165, 1.54) is 6.42 Å². The number of benzene rings is 1. The van der Waals surface area contributed by atoms with E-state index in [1.807, 2.05) is 4.90 Å². The molecule has 2 aliphatic rings. The number of carbonyl (C=O) groups is 1. The first-order chi connectivity index (χ1) is 11.7. The Balaban J connectivity index is 1.58.